The number of likely N-dealkylation sites (N-methyl/N-ethyl adjacent to an activating group) is 1. The molecule has 0 aliphatic rings. The Bertz CT molecular complexity index is 882. The van der Waals surface area contributed by atoms with Gasteiger partial charge in [0.15, 0.2) is 0 Å². The maximum absolute atomic E-state index is 12.6. The van der Waals surface area contributed by atoms with E-state index in [1.54, 1.807) is 6.92 Å². The SMILES string of the molecule is CNC(=O)CNC(=O)c1cccc(S(=O)(=O)NC(C)c2ccccc2)c1. The molecule has 0 aliphatic carbocycles. The fourth-order valence-corrected chi connectivity index (χ4v) is 3.54. The molecule has 0 saturated heterocycles. The summed E-state index contributed by atoms with van der Waals surface area (Å²) in [7, 11) is -2.35. The van der Waals surface area contributed by atoms with Crippen molar-refractivity contribution >= 4 is 21.8 Å². The molecule has 26 heavy (non-hydrogen) atoms. The van der Waals surface area contributed by atoms with Crippen molar-refractivity contribution < 1.29 is 18.0 Å². The van der Waals surface area contributed by atoms with E-state index >= 15 is 0 Å². The minimum atomic E-state index is -3.81. The van der Waals surface area contributed by atoms with E-state index in [0.29, 0.717) is 0 Å². The van der Waals surface area contributed by atoms with Crippen molar-refractivity contribution in [3.05, 3.63) is 65.7 Å². The van der Waals surface area contributed by atoms with Gasteiger partial charge in [-0.05, 0) is 30.7 Å². The molecule has 8 heteroatoms. The Hall–Kier alpha value is -2.71. The number of hydrogen-bond donors (Lipinski definition) is 3. The Labute approximate surface area is 152 Å². The summed E-state index contributed by atoms with van der Waals surface area (Å²) in [6, 6.07) is 14.4. The summed E-state index contributed by atoms with van der Waals surface area (Å²) in [4.78, 5) is 23.3. The molecule has 0 bridgehead atoms. The molecule has 2 aromatic carbocycles. The predicted molar refractivity (Wildman–Crippen MR) is 98.0 cm³/mol. The Morgan fingerprint density at radius 1 is 1.04 bits per heavy atom. The Kier molecular flexibility index (Phi) is 6.48. The van der Waals surface area contributed by atoms with Crippen molar-refractivity contribution in [1.29, 1.82) is 0 Å². The van der Waals surface area contributed by atoms with Crippen LogP contribution in [0, 0.1) is 0 Å². The number of rotatable bonds is 7. The van der Waals surface area contributed by atoms with Crippen molar-refractivity contribution in [2.75, 3.05) is 13.6 Å². The first-order valence-corrected chi connectivity index (χ1v) is 9.48. The summed E-state index contributed by atoms with van der Waals surface area (Å²) in [6.07, 6.45) is 0. The number of amides is 2. The molecular weight excluding hydrogens is 354 g/mol. The van der Waals surface area contributed by atoms with Crippen molar-refractivity contribution in [3.63, 3.8) is 0 Å². The van der Waals surface area contributed by atoms with Gasteiger partial charge < -0.3 is 10.6 Å². The number of carbonyl (C=O) groups excluding carboxylic acids is 2. The van der Waals surface area contributed by atoms with Gasteiger partial charge in [0.1, 0.15) is 0 Å². The first kappa shape index (κ1) is 19.6. The molecule has 0 spiro atoms. The molecule has 3 N–H and O–H groups in total. The lowest BCUT2D eigenvalue weighted by atomic mass is 10.1. The zero-order valence-corrected chi connectivity index (χ0v) is 15.3. The molecule has 0 saturated carbocycles. The molecule has 2 rings (SSSR count). The quantitative estimate of drug-likeness (QED) is 0.676. The van der Waals surface area contributed by atoms with Crippen molar-refractivity contribution in [2.45, 2.75) is 17.9 Å². The van der Waals surface area contributed by atoms with Gasteiger partial charge in [-0.3, -0.25) is 9.59 Å². The summed E-state index contributed by atoms with van der Waals surface area (Å²) in [5.74, 6) is -0.873. The Balaban J connectivity index is 2.14. The zero-order chi connectivity index (χ0) is 19.2. The number of benzene rings is 2. The molecule has 0 radical (unpaired) electrons. The second-order valence-electron chi connectivity index (χ2n) is 5.64. The number of nitrogens with one attached hydrogen (secondary N) is 3. The summed E-state index contributed by atoms with van der Waals surface area (Å²) in [5.41, 5.74) is 0.986. The van der Waals surface area contributed by atoms with Crippen LogP contribution in [-0.4, -0.2) is 33.8 Å². The minimum Gasteiger partial charge on any atom is -0.358 e. The van der Waals surface area contributed by atoms with E-state index in [-0.39, 0.29) is 22.9 Å². The van der Waals surface area contributed by atoms with Gasteiger partial charge in [0, 0.05) is 18.7 Å². The zero-order valence-electron chi connectivity index (χ0n) is 14.5. The van der Waals surface area contributed by atoms with Gasteiger partial charge in [0.2, 0.25) is 15.9 Å². The maximum Gasteiger partial charge on any atom is 0.251 e. The maximum atomic E-state index is 12.6. The van der Waals surface area contributed by atoms with Crippen molar-refractivity contribution in [2.24, 2.45) is 0 Å². The monoisotopic (exact) mass is 375 g/mol. The Morgan fingerprint density at radius 2 is 1.73 bits per heavy atom. The molecule has 1 atom stereocenters. The largest absolute Gasteiger partial charge is 0.358 e. The van der Waals surface area contributed by atoms with Gasteiger partial charge in [-0.25, -0.2) is 13.1 Å². The third kappa shape index (κ3) is 5.14. The third-order valence-corrected chi connectivity index (χ3v) is 5.26. The summed E-state index contributed by atoms with van der Waals surface area (Å²) in [6.45, 7) is 1.56. The van der Waals surface area contributed by atoms with Gasteiger partial charge in [-0.2, -0.15) is 0 Å². The smallest absolute Gasteiger partial charge is 0.251 e. The third-order valence-electron chi connectivity index (χ3n) is 3.73. The summed E-state index contributed by atoms with van der Waals surface area (Å²) < 4.78 is 27.8. The number of hydrogen-bond acceptors (Lipinski definition) is 4. The van der Waals surface area contributed by atoms with Gasteiger partial charge in [-0.15, -0.1) is 0 Å². The average Bonchev–Trinajstić information content (AvgIpc) is 2.66. The van der Waals surface area contributed by atoms with E-state index in [1.807, 2.05) is 30.3 Å². The molecule has 0 fully saturated rings. The van der Waals surface area contributed by atoms with E-state index in [0.717, 1.165) is 5.56 Å². The van der Waals surface area contributed by atoms with Gasteiger partial charge >= 0.3 is 0 Å². The molecule has 0 aliphatic heterocycles. The lowest BCUT2D eigenvalue weighted by molar-refractivity contribution is -0.119. The average molecular weight is 375 g/mol. The standard InChI is InChI=1S/C18H21N3O4S/c1-13(14-7-4-3-5-8-14)21-26(24,25)16-10-6-9-15(11-16)18(23)20-12-17(22)19-2/h3-11,13,21H,12H2,1-2H3,(H,19,22)(H,20,23). The molecule has 7 nitrogen and oxygen atoms in total. The van der Waals surface area contributed by atoms with E-state index in [9.17, 15) is 18.0 Å². The topological polar surface area (TPSA) is 104 Å². The molecule has 2 amide bonds. The predicted octanol–water partition coefficient (Wildman–Crippen LogP) is 1.20. The van der Waals surface area contributed by atoms with Crippen LogP contribution in [0.15, 0.2) is 59.5 Å². The summed E-state index contributed by atoms with van der Waals surface area (Å²) >= 11 is 0. The highest BCUT2D eigenvalue weighted by Crippen LogP contribution is 2.17. The fourth-order valence-electron chi connectivity index (χ4n) is 2.27. The van der Waals surface area contributed by atoms with Gasteiger partial charge in [0.05, 0.1) is 11.4 Å². The second kappa shape index (κ2) is 8.59. The van der Waals surface area contributed by atoms with Crippen LogP contribution in [0.2, 0.25) is 0 Å². The second-order valence-corrected chi connectivity index (χ2v) is 7.35. The molecule has 138 valence electrons. The van der Waals surface area contributed by atoms with Crippen LogP contribution in [0.3, 0.4) is 0 Å². The molecule has 2 aromatic rings. The Morgan fingerprint density at radius 3 is 2.38 bits per heavy atom. The lowest BCUT2D eigenvalue weighted by Gasteiger charge is -2.15. The fraction of sp³-hybridized carbons (Fsp3) is 0.222. The van der Waals surface area contributed by atoms with E-state index in [1.165, 1.54) is 31.3 Å². The van der Waals surface area contributed by atoms with Crippen LogP contribution in [0.5, 0.6) is 0 Å². The van der Waals surface area contributed by atoms with Crippen LogP contribution in [0.25, 0.3) is 0 Å². The van der Waals surface area contributed by atoms with Crippen LogP contribution in [0.4, 0.5) is 0 Å². The van der Waals surface area contributed by atoms with Gasteiger partial charge in [0.25, 0.3) is 5.91 Å². The first-order valence-electron chi connectivity index (χ1n) is 7.99. The summed E-state index contributed by atoms with van der Waals surface area (Å²) in [5, 5.41) is 4.81. The first-order chi connectivity index (χ1) is 12.3. The van der Waals surface area contributed by atoms with E-state index in [4.69, 9.17) is 0 Å². The molecule has 0 heterocycles. The highest BCUT2D eigenvalue weighted by molar-refractivity contribution is 7.89. The van der Waals surface area contributed by atoms with E-state index < -0.39 is 22.0 Å². The lowest BCUT2D eigenvalue weighted by Crippen LogP contribution is -2.35. The van der Waals surface area contributed by atoms with Crippen LogP contribution < -0.4 is 15.4 Å². The van der Waals surface area contributed by atoms with Crippen LogP contribution in [-0.2, 0) is 14.8 Å². The highest BCUT2D eigenvalue weighted by Gasteiger charge is 2.19. The molecule has 0 aromatic heterocycles. The van der Waals surface area contributed by atoms with Crippen LogP contribution in [0.1, 0.15) is 28.9 Å². The number of carbonyl (C=O) groups is 2. The van der Waals surface area contributed by atoms with Crippen LogP contribution >= 0.6 is 0 Å². The molecule has 1 unspecified atom stereocenters. The minimum absolute atomic E-state index is 0.0205. The highest BCUT2D eigenvalue weighted by atomic mass is 32.2. The van der Waals surface area contributed by atoms with Crippen molar-refractivity contribution in [3.8, 4) is 0 Å². The molecular formula is C18H21N3O4S. The van der Waals surface area contributed by atoms with E-state index in [2.05, 4.69) is 15.4 Å². The van der Waals surface area contributed by atoms with Crippen molar-refractivity contribution in [1.82, 2.24) is 15.4 Å². The normalized spacial score (nSPS) is 12.2. The number of sulfonamides is 1. The van der Waals surface area contributed by atoms with Gasteiger partial charge in [-0.1, -0.05) is 36.4 Å².